The number of nitrogens with zero attached hydrogens (tertiary/aromatic N) is 4. The number of para-hydroxylation sites is 1. The molecule has 1 aromatic carbocycles. The first-order valence-electron chi connectivity index (χ1n) is 9.35. The van der Waals surface area contributed by atoms with E-state index in [9.17, 15) is 0 Å². The summed E-state index contributed by atoms with van der Waals surface area (Å²) in [5, 5.41) is 2.07. The Kier molecular flexibility index (Phi) is 4.64. The van der Waals surface area contributed by atoms with Crippen molar-refractivity contribution in [1.82, 2.24) is 14.5 Å². The number of aromatic nitrogens is 3. The molecule has 0 amide bonds. The molecule has 140 valence electrons. The van der Waals surface area contributed by atoms with Crippen LogP contribution < -0.4 is 4.90 Å². The first-order chi connectivity index (χ1) is 14.4. The number of anilines is 3. The fourth-order valence-electron chi connectivity index (χ4n) is 3.24. The van der Waals surface area contributed by atoms with Crippen LogP contribution in [0, 0.1) is 0 Å². The summed E-state index contributed by atoms with van der Waals surface area (Å²) < 4.78 is 2.00. The van der Waals surface area contributed by atoms with Crippen LogP contribution in [0.15, 0.2) is 109 Å². The highest BCUT2D eigenvalue weighted by atomic mass is 32.1. The molecule has 0 bridgehead atoms. The number of pyridine rings is 2. The van der Waals surface area contributed by atoms with Gasteiger partial charge in [0, 0.05) is 18.1 Å². The monoisotopic (exact) mass is 394 g/mol. The van der Waals surface area contributed by atoms with Crippen LogP contribution in [0.5, 0.6) is 0 Å². The van der Waals surface area contributed by atoms with Crippen molar-refractivity contribution in [2.24, 2.45) is 0 Å². The molecule has 0 N–H and O–H groups in total. The molecule has 5 aromatic rings. The number of benzene rings is 1. The van der Waals surface area contributed by atoms with E-state index in [0.717, 1.165) is 33.7 Å². The molecule has 4 aromatic heterocycles. The lowest BCUT2D eigenvalue weighted by Crippen LogP contribution is -2.14. The Balaban J connectivity index is 1.64. The molecule has 4 heterocycles. The first kappa shape index (κ1) is 17.4. The van der Waals surface area contributed by atoms with Gasteiger partial charge in [-0.3, -0.25) is 4.90 Å². The van der Waals surface area contributed by atoms with E-state index in [1.165, 1.54) is 0 Å². The maximum Gasteiger partial charge on any atom is 0.141 e. The van der Waals surface area contributed by atoms with Crippen molar-refractivity contribution in [2.45, 2.75) is 0 Å². The highest BCUT2D eigenvalue weighted by Gasteiger charge is 2.16. The summed E-state index contributed by atoms with van der Waals surface area (Å²) in [7, 11) is 0. The number of rotatable bonds is 5. The maximum absolute atomic E-state index is 4.95. The van der Waals surface area contributed by atoms with Crippen molar-refractivity contribution in [3.63, 3.8) is 0 Å². The zero-order valence-electron chi connectivity index (χ0n) is 15.6. The average molecular weight is 395 g/mol. The van der Waals surface area contributed by atoms with E-state index in [4.69, 9.17) is 9.97 Å². The molecule has 0 aliphatic carbocycles. The third kappa shape index (κ3) is 3.56. The molecular formula is C24H18N4S. The molecule has 0 aliphatic rings. The second kappa shape index (κ2) is 7.73. The average Bonchev–Trinajstić information content (AvgIpc) is 3.50. The summed E-state index contributed by atoms with van der Waals surface area (Å²) in [6, 6.07) is 30.5. The first-order valence-corrected chi connectivity index (χ1v) is 10.2. The van der Waals surface area contributed by atoms with Gasteiger partial charge in [-0.25, -0.2) is 9.97 Å². The van der Waals surface area contributed by atoms with Gasteiger partial charge in [0.05, 0.1) is 10.6 Å². The van der Waals surface area contributed by atoms with Gasteiger partial charge in [0.2, 0.25) is 0 Å². The van der Waals surface area contributed by atoms with Crippen LogP contribution >= 0.6 is 11.3 Å². The van der Waals surface area contributed by atoms with Gasteiger partial charge in [0.15, 0.2) is 0 Å². The summed E-state index contributed by atoms with van der Waals surface area (Å²) in [6.45, 7) is 0. The summed E-state index contributed by atoms with van der Waals surface area (Å²) >= 11 is 1.69. The fraction of sp³-hybridized carbons (Fsp3) is 0. The summed E-state index contributed by atoms with van der Waals surface area (Å²) in [6.07, 6.45) is 3.99. The van der Waals surface area contributed by atoms with Gasteiger partial charge >= 0.3 is 0 Å². The van der Waals surface area contributed by atoms with Crippen molar-refractivity contribution < 1.29 is 0 Å². The SMILES string of the molecule is c1ccc(N(c2cccc(-c3cccs3)n2)c2cccc(-n3cccc3)n2)cc1. The van der Waals surface area contributed by atoms with Gasteiger partial charge < -0.3 is 4.57 Å². The van der Waals surface area contributed by atoms with Crippen LogP contribution in [0.1, 0.15) is 0 Å². The highest BCUT2D eigenvalue weighted by molar-refractivity contribution is 7.13. The highest BCUT2D eigenvalue weighted by Crippen LogP contribution is 2.34. The zero-order valence-corrected chi connectivity index (χ0v) is 16.4. The second-order valence-electron chi connectivity index (χ2n) is 6.47. The molecule has 0 aliphatic heterocycles. The summed E-state index contributed by atoms with van der Waals surface area (Å²) in [4.78, 5) is 13.1. The van der Waals surface area contributed by atoms with Crippen LogP contribution in [-0.4, -0.2) is 14.5 Å². The number of hydrogen-bond donors (Lipinski definition) is 0. The van der Waals surface area contributed by atoms with E-state index in [0.29, 0.717) is 0 Å². The Morgan fingerprint density at radius 2 is 1.41 bits per heavy atom. The van der Waals surface area contributed by atoms with Gasteiger partial charge in [-0.2, -0.15) is 0 Å². The quantitative estimate of drug-likeness (QED) is 0.343. The maximum atomic E-state index is 4.95. The van der Waals surface area contributed by atoms with Gasteiger partial charge in [-0.1, -0.05) is 36.4 Å². The largest absolute Gasteiger partial charge is 0.309 e. The molecule has 29 heavy (non-hydrogen) atoms. The molecule has 0 saturated carbocycles. The lowest BCUT2D eigenvalue weighted by Gasteiger charge is -2.24. The normalized spacial score (nSPS) is 10.8. The zero-order chi connectivity index (χ0) is 19.5. The Bertz CT molecular complexity index is 1120. The molecule has 0 radical (unpaired) electrons. The minimum atomic E-state index is 0.818. The predicted molar refractivity (Wildman–Crippen MR) is 119 cm³/mol. The molecular weight excluding hydrogens is 376 g/mol. The van der Waals surface area contributed by atoms with Crippen molar-refractivity contribution in [1.29, 1.82) is 0 Å². The van der Waals surface area contributed by atoms with E-state index in [2.05, 4.69) is 28.5 Å². The molecule has 0 spiro atoms. The van der Waals surface area contributed by atoms with E-state index >= 15 is 0 Å². The molecule has 4 nitrogen and oxygen atoms in total. The summed E-state index contributed by atoms with van der Waals surface area (Å²) in [5.74, 6) is 2.51. The number of thiophene rings is 1. The number of hydrogen-bond acceptors (Lipinski definition) is 4. The minimum absolute atomic E-state index is 0.818. The Hall–Kier alpha value is -3.70. The van der Waals surface area contributed by atoms with E-state index in [-0.39, 0.29) is 0 Å². The van der Waals surface area contributed by atoms with Crippen molar-refractivity contribution in [3.8, 4) is 16.4 Å². The van der Waals surface area contributed by atoms with Crippen molar-refractivity contribution in [2.75, 3.05) is 4.90 Å². The molecule has 5 rings (SSSR count). The van der Waals surface area contributed by atoms with Crippen molar-refractivity contribution in [3.05, 3.63) is 109 Å². The second-order valence-corrected chi connectivity index (χ2v) is 7.42. The van der Waals surface area contributed by atoms with E-state index in [1.807, 2.05) is 89.8 Å². The fourth-order valence-corrected chi connectivity index (χ4v) is 3.93. The van der Waals surface area contributed by atoms with Gasteiger partial charge in [-0.05, 0) is 60.0 Å². The van der Waals surface area contributed by atoms with Crippen LogP contribution in [0.4, 0.5) is 17.3 Å². The van der Waals surface area contributed by atoms with Gasteiger partial charge in [0.1, 0.15) is 17.5 Å². The van der Waals surface area contributed by atoms with Gasteiger partial charge in [0.25, 0.3) is 0 Å². The minimum Gasteiger partial charge on any atom is -0.309 e. The topological polar surface area (TPSA) is 34.0 Å². The lowest BCUT2D eigenvalue weighted by atomic mass is 10.2. The van der Waals surface area contributed by atoms with Gasteiger partial charge in [-0.15, -0.1) is 11.3 Å². The van der Waals surface area contributed by atoms with E-state index < -0.39 is 0 Å². The molecule has 0 unspecified atom stereocenters. The Labute approximate surface area is 173 Å². The summed E-state index contributed by atoms with van der Waals surface area (Å²) in [5.41, 5.74) is 1.97. The molecule has 0 saturated heterocycles. The predicted octanol–water partition coefficient (Wildman–Crippen LogP) is 6.47. The Morgan fingerprint density at radius 3 is 2.17 bits per heavy atom. The lowest BCUT2D eigenvalue weighted by molar-refractivity contribution is 0.995. The van der Waals surface area contributed by atoms with Crippen LogP contribution in [-0.2, 0) is 0 Å². The molecule has 0 fully saturated rings. The van der Waals surface area contributed by atoms with Crippen molar-refractivity contribution >= 4 is 28.7 Å². The molecule has 5 heteroatoms. The molecule has 0 atom stereocenters. The Morgan fingerprint density at radius 1 is 0.655 bits per heavy atom. The standard InChI is InChI=1S/C24H18N4S/c1-2-9-19(10-3-1)28(23-14-6-11-20(25-23)21-12-8-18-29-21)24-15-7-13-22(26-24)27-16-4-5-17-27/h1-18H. The van der Waals surface area contributed by atoms with Crippen LogP contribution in [0.3, 0.4) is 0 Å². The third-order valence-corrected chi connectivity index (χ3v) is 5.46. The van der Waals surface area contributed by atoms with E-state index in [1.54, 1.807) is 11.3 Å². The van der Waals surface area contributed by atoms with Crippen LogP contribution in [0.2, 0.25) is 0 Å². The smallest absolute Gasteiger partial charge is 0.141 e. The third-order valence-electron chi connectivity index (χ3n) is 4.57. The van der Waals surface area contributed by atoms with Crippen LogP contribution in [0.25, 0.3) is 16.4 Å².